The van der Waals surface area contributed by atoms with Gasteiger partial charge in [-0.3, -0.25) is 4.98 Å². The normalized spacial score (nSPS) is 11.9. The van der Waals surface area contributed by atoms with Crippen LogP contribution in [0.25, 0.3) is 10.9 Å². The Morgan fingerprint density at radius 1 is 1.14 bits per heavy atom. The standard InChI is InChI=1S/C14H19N3O3S/c1-21(18,19)9-8-20-7-6-12-14(16)13(15)10-4-2-3-5-11(10)17-12/h2-5H,6-9,16H2,1H3,(H2,15,17). The van der Waals surface area contributed by atoms with Crippen LogP contribution < -0.4 is 11.5 Å². The highest BCUT2D eigenvalue weighted by Gasteiger charge is 2.10. The molecule has 0 bridgehead atoms. The number of para-hydroxylation sites is 1. The Labute approximate surface area is 124 Å². The highest BCUT2D eigenvalue weighted by atomic mass is 32.2. The highest BCUT2D eigenvalue weighted by Crippen LogP contribution is 2.27. The number of nitrogens with two attached hydrogens (primary N) is 2. The average molecular weight is 309 g/mol. The van der Waals surface area contributed by atoms with Gasteiger partial charge >= 0.3 is 0 Å². The molecular formula is C14H19N3O3S. The molecule has 0 aliphatic rings. The minimum atomic E-state index is -3.00. The topological polar surface area (TPSA) is 108 Å². The van der Waals surface area contributed by atoms with Crippen LogP contribution in [0, 0.1) is 0 Å². The number of rotatable bonds is 6. The Morgan fingerprint density at radius 2 is 1.86 bits per heavy atom. The van der Waals surface area contributed by atoms with Gasteiger partial charge in [0, 0.05) is 18.1 Å². The third kappa shape index (κ3) is 4.05. The van der Waals surface area contributed by atoms with E-state index < -0.39 is 9.84 Å². The third-order valence-electron chi connectivity index (χ3n) is 3.13. The largest absolute Gasteiger partial charge is 0.396 e. The SMILES string of the molecule is CS(=O)(=O)CCOCCc1nc2ccccc2c(N)c1N. The van der Waals surface area contributed by atoms with Gasteiger partial charge in [0.1, 0.15) is 9.84 Å². The van der Waals surface area contributed by atoms with E-state index in [1.807, 2.05) is 24.3 Å². The van der Waals surface area contributed by atoms with E-state index >= 15 is 0 Å². The lowest BCUT2D eigenvalue weighted by Gasteiger charge is -2.11. The number of nitrogens with zero attached hydrogens (tertiary/aromatic N) is 1. The molecule has 1 heterocycles. The number of aromatic nitrogens is 1. The van der Waals surface area contributed by atoms with Crippen LogP contribution in [-0.4, -0.2) is 38.6 Å². The first-order valence-electron chi connectivity index (χ1n) is 6.56. The van der Waals surface area contributed by atoms with Crippen molar-refractivity contribution in [2.24, 2.45) is 0 Å². The van der Waals surface area contributed by atoms with Crippen LogP contribution in [0.15, 0.2) is 24.3 Å². The molecule has 6 nitrogen and oxygen atoms in total. The first kappa shape index (κ1) is 15.5. The number of ether oxygens (including phenoxy) is 1. The molecule has 114 valence electrons. The van der Waals surface area contributed by atoms with Gasteiger partial charge in [-0.2, -0.15) is 0 Å². The fourth-order valence-corrected chi connectivity index (χ4v) is 2.40. The molecule has 2 rings (SSSR count). The van der Waals surface area contributed by atoms with Crippen LogP contribution in [-0.2, 0) is 21.0 Å². The fourth-order valence-electron chi connectivity index (χ4n) is 1.98. The van der Waals surface area contributed by atoms with Gasteiger partial charge in [-0.15, -0.1) is 0 Å². The molecule has 1 aromatic heterocycles. The van der Waals surface area contributed by atoms with E-state index in [1.165, 1.54) is 6.26 Å². The lowest BCUT2D eigenvalue weighted by atomic mass is 10.1. The molecule has 4 N–H and O–H groups in total. The average Bonchev–Trinajstić information content (AvgIpc) is 2.42. The first-order valence-corrected chi connectivity index (χ1v) is 8.62. The van der Waals surface area contributed by atoms with Crippen molar-refractivity contribution in [2.45, 2.75) is 6.42 Å². The van der Waals surface area contributed by atoms with Crippen LogP contribution in [0.3, 0.4) is 0 Å². The quantitative estimate of drug-likeness (QED) is 0.771. The molecule has 1 aromatic carbocycles. The summed E-state index contributed by atoms with van der Waals surface area (Å²) < 4.78 is 27.3. The van der Waals surface area contributed by atoms with Crippen molar-refractivity contribution >= 4 is 32.1 Å². The Morgan fingerprint density at radius 3 is 2.57 bits per heavy atom. The van der Waals surface area contributed by atoms with Crippen LogP contribution in [0.4, 0.5) is 11.4 Å². The van der Waals surface area contributed by atoms with E-state index in [2.05, 4.69) is 4.98 Å². The van der Waals surface area contributed by atoms with Gasteiger partial charge in [-0.05, 0) is 6.07 Å². The minimum Gasteiger partial charge on any atom is -0.396 e. The van der Waals surface area contributed by atoms with Crippen molar-refractivity contribution in [2.75, 3.05) is 36.7 Å². The molecular weight excluding hydrogens is 290 g/mol. The molecule has 0 aliphatic carbocycles. The number of hydrogen-bond acceptors (Lipinski definition) is 6. The number of sulfone groups is 1. The van der Waals surface area contributed by atoms with Gasteiger partial charge in [0.25, 0.3) is 0 Å². The van der Waals surface area contributed by atoms with E-state index in [0.717, 1.165) is 10.9 Å². The Kier molecular flexibility index (Phi) is 4.64. The van der Waals surface area contributed by atoms with Crippen molar-refractivity contribution in [3.63, 3.8) is 0 Å². The molecule has 0 fully saturated rings. The van der Waals surface area contributed by atoms with Gasteiger partial charge in [-0.1, -0.05) is 18.2 Å². The number of pyridine rings is 1. The highest BCUT2D eigenvalue weighted by molar-refractivity contribution is 7.90. The van der Waals surface area contributed by atoms with E-state index in [-0.39, 0.29) is 12.4 Å². The molecule has 21 heavy (non-hydrogen) atoms. The van der Waals surface area contributed by atoms with Gasteiger partial charge in [0.15, 0.2) is 0 Å². The summed E-state index contributed by atoms with van der Waals surface area (Å²) >= 11 is 0. The van der Waals surface area contributed by atoms with E-state index in [9.17, 15) is 8.42 Å². The van der Waals surface area contributed by atoms with Crippen LogP contribution in [0.2, 0.25) is 0 Å². The van der Waals surface area contributed by atoms with Crippen molar-refractivity contribution in [1.29, 1.82) is 0 Å². The van der Waals surface area contributed by atoms with Gasteiger partial charge < -0.3 is 16.2 Å². The summed E-state index contributed by atoms with van der Waals surface area (Å²) in [5.74, 6) is 0.00969. The molecule has 0 atom stereocenters. The second-order valence-electron chi connectivity index (χ2n) is 4.90. The van der Waals surface area contributed by atoms with Gasteiger partial charge in [0.05, 0.1) is 41.6 Å². The monoisotopic (exact) mass is 309 g/mol. The second-order valence-corrected chi connectivity index (χ2v) is 7.15. The maximum Gasteiger partial charge on any atom is 0.149 e. The van der Waals surface area contributed by atoms with Gasteiger partial charge in [-0.25, -0.2) is 8.42 Å². The number of fused-ring (bicyclic) bond motifs is 1. The van der Waals surface area contributed by atoms with Crippen LogP contribution in [0.5, 0.6) is 0 Å². The predicted molar refractivity (Wildman–Crippen MR) is 84.8 cm³/mol. The Hall–Kier alpha value is -1.86. The zero-order chi connectivity index (χ0) is 15.5. The van der Waals surface area contributed by atoms with Crippen molar-refractivity contribution in [3.05, 3.63) is 30.0 Å². The maximum atomic E-state index is 11.0. The summed E-state index contributed by atoms with van der Waals surface area (Å²) in [6.45, 7) is 0.520. The zero-order valence-corrected chi connectivity index (χ0v) is 12.7. The van der Waals surface area contributed by atoms with Crippen molar-refractivity contribution in [3.8, 4) is 0 Å². The molecule has 0 amide bonds. The number of anilines is 2. The first-order chi connectivity index (χ1) is 9.88. The summed E-state index contributed by atoms with van der Waals surface area (Å²) in [5.41, 5.74) is 14.5. The lowest BCUT2D eigenvalue weighted by molar-refractivity contribution is 0.152. The Balaban J connectivity index is 2.04. The minimum absolute atomic E-state index is 0.00969. The summed E-state index contributed by atoms with van der Waals surface area (Å²) in [5, 5.41) is 0.830. The number of benzene rings is 1. The molecule has 0 unspecified atom stereocenters. The van der Waals surface area contributed by atoms with Crippen LogP contribution >= 0.6 is 0 Å². The van der Waals surface area contributed by atoms with Gasteiger partial charge in [0.2, 0.25) is 0 Å². The molecule has 7 heteroatoms. The number of nitrogen functional groups attached to an aromatic ring is 2. The molecule has 0 aliphatic heterocycles. The fraction of sp³-hybridized carbons (Fsp3) is 0.357. The lowest BCUT2D eigenvalue weighted by Crippen LogP contribution is -2.12. The second kappa shape index (κ2) is 6.28. The maximum absolute atomic E-state index is 11.0. The molecule has 0 saturated carbocycles. The van der Waals surface area contributed by atoms with E-state index in [1.54, 1.807) is 0 Å². The molecule has 0 saturated heterocycles. The molecule has 0 spiro atoms. The van der Waals surface area contributed by atoms with Crippen molar-refractivity contribution < 1.29 is 13.2 Å². The van der Waals surface area contributed by atoms with E-state index in [0.29, 0.717) is 30.1 Å². The smallest absolute Gasteiger partial charge is 0.149 e. The summed E-state index contributed by atoms with van der Waals surface area (Å²) in [6, 6.07) is 7.52. The summed E-state index contributed by atoms with van der Waals surface area (Å²) in [7, 11) is -3.00. The zero-order valence-electron chi connectivity index (χ0n) is 11.9. The van der Waals surface area contributed by atoms with Crippen molar-refractivity contribution in [1.82, 2.24) is 4.98 Å². The molecule has 2 aromatic rings. The summed E-state index contributed by atoms with van der Waals surface area (Å²) in [6.07, 6.45) is 1.67. The predicted octanol–water partition coefficient (Wildman–Crippen LogP) is 1.00. The summed E-state index contributed by atoms with van der Waals surface area (Å²) in [4.78, 5) is 4.48. The number of hydrogen-bond donors (Lipinski definition) is 2. The Bertz CT molecular complexity index is 744. The van der Waals surface area contributed by atoms with E-state index in [4.69, 9.17) is 16.2 Å². The van der Waals surface area contributed by atoms with Crippen LogP contribution in [0.1, 0.15) is 5.69 Å². The third-order valence-corrected chi connectivity index (χ3v) is 4.04. The molecule has 0 radical (unpaired) electrons.